The number of fused-ring (bicyclic) bond motifs is 1. The van der Waals surface area contributed by atoms with Gasteiger partial charge in [0.05, 0.1) is 18.4 Å². The molecule has 1 heterocycles. The summed E-state index contributed by atoms with van der Waals surface area (Å²) in [6, 6.07) is 14.9. The minimum Gasteiger partial charge on any atom is -0.465 e. The normalized spacial score (nSPS) is 11.4. The number of para-hydroxylation sites is 1. The van der Waals surface area contributed by atoms with E-state index in [1.54, 1.807) is 35.6 Å². The van der Waals surface area contributed by atoms with E-state index < -0.39 is 5.97 Å². The number of thiophene rings is 1. The number of benzene rings is 2. The predicted molar refractivity (Wildman–Crippen MR) is 102 cm³/mol. The number of hydrogen-bond acceptors (Lipinski definition) is 4. The van der Waals surface area contributed by atoms with Crippen molar-refractivity contribution in [3.05, 3.63) is 71.1 Å². The summed E-state index contributed by atoms with van der Waals surface area (Å²) in [6.45, 7) is 1.89. The number of allylic oxidation sites excluding steroid dienone is 1. The maximum absolute atomic E-state index is 12.3. The van der Waals surface area contributed by atoms with Gasteiger partial charge in [-0.05, 0) is 53.1 Å². The molecule has 3 aromatic rings. The molecule has 5 heteroatoms. The van der Waals surface area contributed by atoms with E-state index in [4.69, 9.17) is 4.74 Å². The molecule has 1 aromatic heterocycles. The van der Waals surface area contributed by atoms with Gasteiger partial charge < -0.3 is 10.1 Å². The van der Waals surface area contributed by atoms with Gasteiger partial charge in [0.25, 0.3) is 0 Å². The molecule has 0 saturated heterocycles. The fourth-order valence-electron chi connectivity index (χ4n) is 2.53. The molecule has 0 saturated carbocycles. The van der Waals surface area contributed by atoms with Crippen LogP contribution in [0.3, 0.4) is 0 Å². The van der Waals surface area contributed by atoms with Gasteiger partial charge in [0.15, 0.2) is 0 Å². The second-order valence-corrected chi connectivity index (χ2v) is 6.47. The van der Waals surface area contributed by atoms with E-state index in [1.807, 2.05) is 24.4 Å². The van der Waals surface area contributed by atoms with E-state index in [9.17, 15) is 9.59 Å². The Balaban J connectivity index is 1.81. The van der Waals surface area contributed by atoms with Crippen LogP contribution < -0.4 is 5.32 Å². The average molecular weight is 351 g/mol. The highest BCUT2D eigenvalue weighted by Gasteiger charge is 2.12. The van der Waals surface area contributed by atoms with Crippen molar-refractivity contribution in [3.63, 3.8) is 0 Å². The van der Waals surface area contributed by atoms with Gasteiger partial charge in [-0.1, -0.05) is 24.3 Å². The van der Waals surface area contributed by atoms with Crippen LogP contribution in [0, 0.1) is 0 Å². The first-order chi connectivity index (χ1) is 12.1. The summed E-state index contributed by atoms with van der Waals surface area (Å²) in [7, 11) is 1.31. The summed E-state index contributed by atoms with van der Waals surface area (Å²) in [5.41, 5.74) is 2.59. The number of amides is 1. The van der Waals surface area contributed by atoms with Crippen molar-refractivity contribution in [2.75, 3.05) is 12.4 Å². The number of ether oxygens (including phenoxy) is 1. The van der Waals surface area contributed by atoms with Crippen LogP contribution in [0.25, 0.3) is 15.7 Å². The zero-order valence-electron chi connectivity index (χ0n) is 13.9. The second kappa shape index (κ2) is 7.32. The number of nitrogens with one attached hydrogen (secondary N) is 1. The molecule has 0 radical (unpaired) electrons. The highest BCUT2D eigenvalue weighted by atomic mass is 32.1. The summed E-state index contributed by atoms with van der Waals surface area (Å²) in [4.78, 5) is 24.1. The Morgan fingerprint density at radius 2 is 1.92 bits per heavy atom. The third-order valence-electron chi connectivity index (χ3n) is 3.85. The molecule has 0 atom stereocenters. The third-order valence-corrected chi connectivity index (χ3v) is 4.73. The van der Waals surface area contributed by atoms with Gasteiger partial charge >= 0.3 is 5.97 Å². The van der Waals surface area contributed by atoms with Gasteiger partial charge in [-0.3, -0.25) is 4.79 Å². The lowest BCUT2D eigenvalue weighted by atomic mass is 10.1. The minimum atomic E-state index is -0.486. The summed E-state index contributed by atoms with van der Waals surface area (Å²) in [5.74, 6) is -0.778. The Hall–Kier alpha value is -2.92. The minimum absolute atomic E-state index is 0.292. The number of carbonyl (C=O) groups is 2. The molecule has 1 amide bonds. The van der Waals surface area contributed by atoms with Crippen molar-refractivity contribution in [2.45, 2.75) is 6.92 Å². The Kier molecular flexibility index (Phi) is 4.95. The lowest BCUT2D eigenvalue weighted by molar-refractivity contribution is -0.111. The first-order valence-electron chi connectivity index (χ1n) is 7.73. The first kappa shape index (κ1) is 16.9. The van der Waals surface area contributed by atoms with Crippen molar-refractivity contribution in [1.29, 1.82) is 0 Å². The number of esters is 1. The Morgan fingerprint density at radius 1 is 1.12 bits per heavy atom. The number of hydrogen-bond donors (Lipinski definition) is 1. The van der Waals surface area contributed by atoms with Crippen molar-refractivity contribution < 1.29 is 14.3 Å². The smallest absolute Gasteiger partial charge is 0.339 e. The maximum atomic E-state index is 12.3. The lowest BCUT2D eigenvalue weighted by Gasteiger charge is -2.08. The van der Waals surface area contributed by atoms with Crippen LogP contribution in [0.1, 0.15) is 22.8 Å². The second-order valence-electron chi connectivity index (χ2n) is 5.53. The zero-order valence-corrected chi connectivity index (χ0v) is 14.7. The fraction of sp³-hybridized carbons (Fsp3) is 0.100. The van der Waals surface area contributed by atoms with Gasteiger partial charge in [-0.15, -0.1) is 11.3 Å². The van der Waals surface area contributed by atoms with Gasteiger partial charge in [-0.2, -0.15) is 0 Å². The Bertz CT molecular complexity index is 972. The van der Waals surface area contributed by atoms with Crippen molar-refractivity contribution in [3.8, 4) is 0 Å². The molecule has 25 heavy (non-hydrogen) atoms. The van der Waals surface area contributed by atoms with E-state index in [2.05, 4.69) is 17.4 Å². The molecule has 1 N–H and O–H groups in total. The molecule has 0 bridgehead atoms. The van der Waals surface area contributed by atoms with Gasteiger partial charge in [0.1, 0.15) is 0 Å². The van der Waals surface area contributed by atoms with Gasteiger partial charge in [0.2, 0.25) is 5.91 Å². The summed E-state index contributed by atoms with van der Waals surface area (Å²) in [5, 5.41) is 5.98. The van der Waals surface area contributed by atoms with Crippen LogP contribution in [0.2, 0.25) is 0 Å². The number of methoxy groups -OCH3 is 1. The van der Waals surface area contributed by atoms with Crippen LogP contribution in [0.4, 0.5) is 5.69 Å². The van der Waals surface area contributed by atoms with Crippen molar-refractivity contribution in [2.24, 2.45) is 0 Å². The van der Waals surface area contributed by atoms with Crippen LogP contribution in [-0.4, -0.2) is 19.0 Å². The molecule has 0 unspecified atom stereocenters. The van der Waals surface area contributed by atoms with E-state index in [1.165, 1.54) is 23.3 Å². The molecular formula is C20H17NO3S. The lowest BCUT2D eigenvalue weighted by Crippen LogP contribution is -2.13. The molecule has 126 valence electrons. The number of carbonyl (C=O) groups excluding carboxylic acids is 2. The largest absolute Gasteiger partial charge is 0.465 e. The third kappa shape index (κ3) is 3.78. The van der Waals surface area contributed by atoms with E-state index in [-0.39, 0.29) is 5.91 Å². The standard InChI is InChI=1S/C20H17NO3S/c1-13(15-8-7-14-9-10-25-18(14)12-15)11-19(22)21-17-6-4-3-5-16(17)20(23)24-2/h3-12H,1-2H3,(H,21,22). The molecule has 0 aliphatic heterocycles. The first-order valence-corrected chi connectivity index (χ1v) is 8.60. The van der Waals surface area contributed by atoms with Crippen molar-refractivity contribution in [1.82, 2.24) is 0 Å². The number of rotatable bonds is 4. The molecule has 4 nitrogen and oxygen atoms in total. The quantitative estimate of drug-likeness (QED) is 0.546. The molecule has 0 fully saturated rings. The summed E-state index contributed by atoms with van der Waals surface area (Å²) >= 11 is 1.67. The monoisotopic (exact) mass is 351 g/mol. The molecule has 0 aliphatic rings. The average Bonchev–Trinajstić information content (AvgIpc) is 3.09. The predicted octanol–water partition coefficient (Wildman–Crippen LogP) is 4.73. The SMILES string of the molecule is COC(=O)c1ccccc1NC(=O)C=C(C)c1ccc2ccsc2c1. The molecule has 0 aliphatic carbocycles. The number of anilines is 1. The highest BCUT2D eigenvalue weighted by molar-refractivity contribution is 7.17. The fourth-order valence-corrected chi connectivity index (χ4v) is 3.36. The Morgan fingerprint density at radius 3 is 2.72 bits per heavy atom. The van der Waals surface area contributed by atoms with Crippen LogP contribution >= 0.6 is 11.3 Å². The summed E-state index contributed by atoms with van der Waals surface area (Å²) in [6.07, 6.45) is 1.53. The van der Waals surface area contributed by atoms with E-state index >= 15 is 0 Å². The topological polar surface area (TPSA) is 55.4 Å². The van der Waals surface area contributed by atoms with Crippen LogP contribution in [0.5, 0.6) is 0 Å². The van der Waals surface area contributed by atoms with Crippen molar-refractivity contribution >= 4 is 44.6 Å². The summed E-state index contributed by atoms with van der Waals surface area (Å²) < 4.78 is 5.92. The van der Waals surface area contributed by atoms with Gasteiger partial charge in [-0.25, -0.2) is 4.79 Å². The Labute approximate surface area is 149 Å². The molecule has 0 spiro atoms. The van der Waals surface area contributed by atoms with E-state index in [0.717, 1.165) is 11.1 Å². The highest BCUT2D eigenvalue weighted by Crippen LogP contribution is 2.25. The van der Waals surface area contributed by atoms with Crippen LogP contribution in [0.15, 0.2) is 60.0 Å². The van der Waals surface area contributed by atoms with E-state index in [0.29, 0.717) is 11.3 Å². The molecule has 3 rings (SSSR count). The van der Waals surface area contributed by atoms with Gasteiger partial charge in [0, 0.05) is 10.8 Å². The molecule has 2 aromatic carbocycles. The maximum Gasteiger partial charge on any atom is 0.339 e. The zero-order chi connectivity index (χ0) is 17.8. The molecular weight excluding hydrogens is 334 g/mol. The van der Waals surface area contributed by atoms with Crippen LogP contribution in [-0.2, 0) is 9.53 Å².